The summed E-state index contributed by atoms with van der Waals surface area (Å²) in [7, 11) is 0. The van der Waals surface area contributed by atoms with Crippen LogP contribution in [0, 0.1) is 0 Å². The Labute approximate surface area is 106 Å². The van der Waals surface area contributed by atoms with E-state index in [0.29, 0.717) is 12.8 Å². The number of nitrogens with two attached hydrogens (primary N) is 1. The van der Waals surface area contributed by atoms with Gasteiger partial charge in [-0.1, -0.05) is 30.3 Å². The maximum atomic E-state index is 10.5. The van der Waals surface area contributed by atoms with Gasteiger partial charge in [-0.25, -0.2) is 4.79 Å². The van der Waals surface area contributed by atoms with E-state index < -0.39 is 11.9 Å². The molecule has 1 aromatic rings. The first kappa shape index (κ1) is 12.9. The van der Waals surface area contributed by atoms with E-state index in [0.717, 1.165) is 19.6 Å². The highest BCUT2D eigenvalue weighted by atomic mass is 16.7. The molecular formula is C13H18N2O3. The van der Waals surface area contributed by atoms with Crippen LogP contribution in [0.5, 0.6) is 0 Å². The number of piperidine rings is 1. The maximum absolute atomic E-state index is 10.5. The van der Waals surface area contributed by atoms with Gasteiger partial charge in [0.25, 0.3) is 0 Å². The third-order valence-corrected chi connectivity index (χ3v) is 3.24. The minimum absolute atomic E-state index is 0.534. The van der Waals surface area contributed by atoms with Crippen LogP contribution in [0.2, 0.25) is 0 Å². The molecule has 1 aliphatic heterocycles. The fourth-order valence-corrected chi connectivity index (χ4v) is 2.21. The Morgan fingerprint density at radius 2 is 1.94 bits per heavy atom. The van der Waals surface area contributed by atoms with E-state index in [2.05, 4.69) is 17.0 Å². The van der Waals surface area contributed by atoms with Gasteiger partial charge < -0.3 is 9.84 Å². The largest absolute Gasteiger partial charge is 0.507 e. The van der Waals surface area contributed by atoms with Gasteiger partial charge in [-0.05, 0) is 5.56 Å². The highest BCUT2D eigenvalue weighted by Gasteiger charge is 2.34. The first-order chi connectivity index (χ1) is 8.57. The second-order valence-corrected chi connectivity index (χ2v) is 4.69. The Hall–Kier alpha value is -1.59. The van der Waals surface area contributed by atoms with Crippen molar-refractivity contribution in [2.45, 2.75) is 25.1 Å². The lowest BCUT2D eigenvalue weighted by molar-refractivity contribution is -0.0534. The van der Waals surface area contributed by atoms with Crippen LogP contribution in [0.15, 0.2) is 30.3 Å². The minimum atomic E-state index is -1.30. The summed E-state index contributed by atoms with van der Waals surface area (Å²) in [6, 6.07) is 10.2. The molecule has 0 saturated carbocycles. The van der Waals surface area contributed by atoms with Gasteiger partial charge in [0, 0.05) is 32.5 Å². The zero-order valence-electron chi connectivity index (χ0n) is 10.2. The summed E-state index contributed by atoms with van der Waals surface area (Å²) in [5.41, 5.74) is 6.12. The lowest BCUT2D eigenvalue weighted by Crippen LogP contribution is -2.52. The number of carbonyl (C=O) groups is 1. The molecule has 5 nitrogen and oxygen atoms in total. The lowest BCUT2D eigenvalue weighted by atomic mass is 10.0. The van der Waals surface area contributed by atoms with Crippen molar-refractivity contribution < 1.29 is 14.6 Å². The van der Waals surface area contributed by atoms with E-state index in [1.807, 2.05) is 18.2 Å². The number of nitrogens with zero attached hydrogens (tertiary/aromatic N) is 1. The zero-order chi connectivity index (χ0) is 13.0. The van der Waals surface area contributed by atoms with E-state index in [9.17, 15) is 4.79 Å². The van der Waals surface area contributed by atoms with Crippen LogP contribution < -0.4 is 5.73 Å². The van der Waals surface area contributed by atoms with Crippen molar-refractivity contribution in [2.24, 2.45) is 5.73 Å². The van der Waals surface area contributed by atoms with E-state index in [-0.39, 0.29) is 0 Å². The predicted octanol–water partition coefficient (Wildman–Crippen LogP) is 1.63. The van der Waals surface area contributed by atoms with Gasteiger partial charge in [0.2, 0.25) is 0 Å². The average molecular weight is 250 g/mol. The van der Waals surface area contributed by atoms with Gasteiger partial charge in [-0.15, -0.1) is 0 Å². The summed E-state index contributed by atoms with van der Waals surface area (Å²) >= 11 is 0. The summed E-state index contributed by atoms with van der Waals surface area (Å²) in [6.07, 6.45) is -0.229. The van der Waals surface area contributed by atoms with E-state index in [4.69, 9.17) is 15.6 Å². The number of hydrogen-bond acceptors (Lipinski definition) is 4. The molecule has 98 valence electrons. The molecule has 3 N–H and O–H groups in total. The van der Waals surface area contributed by atoms with Crippen molar-refractivity contribution in [3.63, 3.8) is 0 Å². The smallest absolute Gasteiger partial charge is 0.450 e. The third-order valence-electron chi connectivity index (χ3n) is 3.24. The Morgan fingerprint density at radius 1 is 1.33 bits per heavy atom. The van der Waals surface area contributed by atoms with Crippen LogP contribution in [0.1, 0.15) is 18.4 Å². The maximum Gasteiger partial charge on any atom is 0.507 e. The topological polar surface area (TPSA) is 75.8 Å². The van der Waals surface area contributed by atoms with Crippen LogP contribution in [0.4, 0.5) is 4.79 Å². The van der Waals surface area contributed by atoms with E-state index >= 15 is 0 Å². The van der Waals surface area contributed by atoms with Gasteiger partial charge >= 0.3 is 6.16 Å². The summed E-state index contributed by atoms with van der Waals surface area (Å²) in [4.78, 5) is 12.8. The predicted molar refractivity (Wildman–Crippen MR) is 67.0 cm³/mol. The van der Waals surface area contributed by atoms with Gasteiger partial charge in [0.1, 0.15) is 0 Å². The van der Waals surface area contributed by atoms with Crippen LogP contribution in [-0.2, 0) is 11.3 Å². The molecule has 1 aromatic carbocycles. The van der Waals surface area contributed by atoms with Crippen molar-refractivity contribution in [3.8, 4) is 0 Å². The van der Waals surface area contributed by atoms with E-state index in [1.54, 1.807) is 0 Å². The number of ether oxygens (including phenoxy) is 1. The molecular weight excluding hydrogens is 232 g/mol. The van der Waals surface area contributed by atoms with Crippen LogP contribution in [0.3, 0.4) is 0 Å². The van der Waals surface area contributed by atoms with Crippen molar-refractivity contribution in [2.75, 3.05) is 13.1 Å². The second kappa shape index (κ2) is 5.37. The monoisotopic (exact) mass is 250 g/mol. The summed E-state index contributed by atoms with van der Waals surface area (Å²) in [6.45, 7) is 2.36. The summed E-state index contributed by atoms with van der Waals surface area (Å²) < 4.78 is 4.74. The summed E-state index contributed by atoms with van der Waals surface area (Å²) in [5, 5.41) is 8.62. The van der Waals surface area contributed by atoms with Crippen molar-refractivity contribution in [1.29, 1.82) is 0 Å². The normalized spacial score (nSPS) is 19.4. The molecule has 1 saturated heterocycles. The van der Waals surface area contributed by atoms with Crippen molar-refractivity contribution in [1.82, 2.24) is 4.90 Å². The highest BCUT2D eigenvalue weighted by Crippen LogP contribution is 2.22. The molecule has 18 heavy (non-hydrogen) atoms. The molecule has 0 radical (unpaired) electrons. The first-order valence-corrected chi connectivity index (χ1v) is 6.04. The fourth-order valence-electron chi connectivity index (χ4n) is 2.21. The fraction of sp³-hybridized carbons (Fsp3) is 0.462. The first-order valence-electron chi connectivity index (χ1n) is 6.04. The van der Waals surface area contributed by atoms with Crippen LogP contribution >= 0.6 is 0 Å². The zero-order valence-corrected chi connectivity index (χ0v) is 10.2. The number of rotatable bonds is 3. The molecule has 0 bridgehead atoms. The quantitative estimate of drug-likeness (QED) is 0.630. The SMILES string of the molecule is NC1(OC(=O)O)CCN(Cc2ccccc2)CC1. The number of carboxylic acid groups (broad SMARTS) is 1. The second-order valence-electron chi connectivity index (χ2n) is 4.69. The molecule has 5 heteroatoms. The van der Waals surface area contributed by atoms with Gasteiger partial charge in [-0.2, -0.15) is 0 Å². The molecule has 0 amide bonds. The summed E-state index contributed by atoms with van der Waals surface area (Å²) in [5.74, 6) is 0. The standard InChI is InChI=1S/C13H18N2O3/c14-13(18-12(16)17)6-8-15(9-7-13)10-11-4-2-1-3-5-11/h1-5H,6-10,14H2,(H,16,17). The number of likely N-dealkylation sites (tertiary alicyclic amines) is 1. The Kier molecular flexibility index (Phi) is 3.84. The molecule has 1 fully saturated rings. The van der Waals surface area contributed by atoms with Crippen molar-refractivity contribution >= 4 is 6.16 Å². The molecule has 0 aromatic heterocycles. The third kappa shape index (κ3) is 3.45. The van der Waals surface area contributed by atoms with E-state index in [1.165, 1.54) is 5.56 Å². The number of hydrogen-bond donors (Lipinski definition) is 2. The van der Waals surface area contributed by atoms with Gasteiger partial charge in [-0.3, -0.25) is 10.6 Å². The van der Waals surface area contributed by atoms with Gasteiger partial charge in [0.15, 0.2) is 5.72 Å². The number of benzene rings is 1. The molecule has 0 spiro atoms. The lowest BCUT2D eigenvalue weighted by Gasteiger charge is -2.37. The molecule has 0 atom stereocenters. The Bertz CT molecular complexity index is 400. The minimum Gasteiger partial charge on any atom is -0.450 e. The van der Waals surface area contributed by atoms with Crippen LogP contribution in [0.25, 0.3) is 0 Å². The molecule has 1 heterocycles. The highest BCUT2D eigenvalue weighted by molar-refractivity contribution is 5.57. The Morgan fingerprint density at radius 3 is 2.50 bits per heavy atom. The molecule has 2 rings (SSSR count). The molecule has 0 aliphatic carbocycles. The van der Waals surface area contributed by atoms with Crippen LogP contribution in [-0.4, -0.2) is 35.0 Å². The average Bonchev–Trinajstić information content (AvgIpc) is 2.33. The van der Waals surface area contributed by atoms with Crippen molar-refractivity contribution in [3.05, 3.63) is 35.9 Å². The van der Waals surface area contributed by atoms with Gasteiger partial charge in [0.05, 0.1) is 0 Å². The Balaban J connectivity index is 1.85. The molecule has 1 aliphatic rings. The molecule has 0 unspecified atom stereocenters.